The number of carbonyl (C=O) groups excluding carboxylic acids is 1. The van der Waals surface area contributed by atoms with Crippen LogP contribution in [-0.4, -0.2) is 58.5 Å². The van der Waals surface area contributed by atoms with E-state index in [0.717, 1.165) is 37.1 Å². The number of anilines is 2. The van der Waals surface area contributed by atoms with Crippen molar-refractivity contribution in [2.24, 2.45) is 0 Å². The summed E-state index contributed by atoms with van der Waals surface area (Å²) >= 11 is 0. The molecule has 7 heteroatoms. The molecule has 7 nitrogen and oxygen atoms in total. The van der Waals surface area contributed by atoms with Gasteiger partial charge in [-0.25, -0.2) is 9.97 Å². The largest absolute Gasteiger partial charge is 0.370 e. The van der Waals surface area contributed by atoms with Gasteiger partial charge in [-0.2, -0.15) is 0 Å². The molecule has 2 aromatic rings. The van der Waals surface area contributed by atoms with Crippen molar-refractivity contribution < 1.29 is 4.79 Å². The van der Waals surface area contributed by atoms with E-state index in [1.807, 2.05) is 24.8 Å². The third-order valence-corrected chi connectivity index (χ3v) is 3.98. The summed E-state index contributed by atoms with van der Waals surface area (Å²) in [7, 11) is 0. The van der Waals surface area contributed by atoms with Gasteiger partial charge >= 0.3 is 0 Å². The molecular formula is C17H22N6O. The quantitative estimate of drug-likeness (QED) is 0.919. The molecule has 1 fully saturated rings. The van der Waals surface area contributed by atoms with Crippen LogP contribution in [-0.2, 0) is 0 Å². The maximum atomic E-state index is 12.5. The Hall–Kier alpha value is -2.70. The highest BCUT2D eigenvalue weighted by atomic mass is 16.2. The molecule has 0 spiro atoms. The highest BCUT2D eigenvalue weighted by Crippen LogP contribution is 2.18. The lowest BCUT2D eigenvalue weighted by atomic mass is 10.2. The van der Waals surface area contributed by atoms with Crippen molar-refractivity contribution in [2.75, 3.05) is 42.9 Å². The Kier molecular flexibility index (Phi) is 4.88. The van der Waals surface area contributed by atoms with Crippen molar-refractivity contribution in [3.05, 3.63) is 42.0 Å². The summed E-state index contributed by atoms with van der Waals surface area (Å²) in [6.45, 7) is 7.62. The van der Waals surface area contributed by atoms with E-state index in [4.69, 9.17) is 0 Å². The Labute approximate surface area is 141 Å². The van der Waals surface area contributed by atoms with Gasteiger partial charge in [0.2, 0.25) is 0 Å². The third kappa shape index (κ3) is 3.61. The number of piperazine rings is 1. The first-order valence-corrected chi connectivity index (χ1v) is 8.21. The number of nitrogens with zero attached hydrogens (tertiary/aromatic N) is 5. The summed E-state index contributed by atoms with van der Waals surface area (Å²) in [4.78, 5) is 29.5. The zero-order chi connectivity index (χ0) is 16.9. The number of hydrogen-bond donors (Lipinski definition) is 1. The molecule has 24 heavy (non-hydrogen) atoms. The van der Waals surface area contributed by atoms with Crippen LogP contribution < -0.4 is 10.2 Å². The summed E-state index contributed by atoms with van der Waals surface area (Å²) in [5, 5.41) is 3.23. The summed E-state index contributed by atoms with van der Waals surface area (Å²) in [5.41, 5.74) is 0.637. The normalized spacial score (nSPS) is 14.6. The third-order valence-electron chi connectivity index (χ3n) is 3.98. The Balaban J connectivity index is 1.66. The van der Waals surface area contributed by atoms with Crippen LogP contribution in [0.3, 0.4) is 0 Å². The number of carbonyl (C=O) groups is 1. The lowest BCUT2D eigenvalue weighted by Gasteiger charge is -2.35. The second-order valence-corrected chi connectivity index (χ2v) is 5.71. The Morgan fingerprint density at radius 2 is 2.04 bits per heavy atom. The molecule has 0 aromatic carbocycles. The summed E-state index contributed by atoms with van der Waals surface area (Å²) in [6.07, 6.45) is 3.29. The van der Waals surface area contributed by atoms with Gasteiger partial charge in [0.15, 0.2) is 0 Å². The maximum absolute atomic E-state index is 12.5. The first-order chi connectivity index (χ1) is 11.7. The van der Waals surface area contributed by atoms with Crippen molar-refractivity contribution in [1.29, 1.82) is 0 Å². The van der Waals surface area contributed by atoms with Gasteiger partial charge in [0, 0.05) is 51.2 Å². The maximum Gasteiger partial charge on any atom is 0.255 e. The van der Waals surface area contributed by atoms with Crippen LogP contribution in [0.1, 0.15) is 23.1 Å². The fraction of sp³-hybridized carbons (Fsp3) is 0.412. The summed E-state index contributed by atoms with van der Waals surface area (Å²) in [5.74, 6) is 2.54. The Morgan fingerprint density at radius 3 is 2.71 bits per heavy atom. The molecule has 1 aliphatic heterocycles. The minimum Gasteiger partial charge on any atom is -0.370 e. The predicted octanol–water partition coefficient (Wildman–Crippen LogP) is 1.57. The van der Waals surface area contributed by atoms with Gasteiger partial charge in [-0.1, -0.05) is 0 Å². The van der Waals surface area contributed by atoms with Crippen LogP contribution in [0.15, 0.2) is 30.6 Å². The number of aryl methyl sites for hydroxylation is 1. The van der Waals surface area contributed by atoms with E-state index in [1.165, 1.54) is 0 Å². The molecule has 0 aliphatic carbocycles. The minimum atomic E-state index is 0.0370. The van der Waals surface area contributed by atoms with Crippen LogP contribution in [0.4, 0.5) is 11.6 Å². The van der Waals surface area contributed by atoms with Crippen molar-refractivity contribution in [3.63, 3.8) is 0 Å². The van der Waals surface area contributed by atoms with Crippen LogP contribution >= 0.6 is 0 Å². The van der Waals surface area contributed by atoms with Gasteiger partial charge < -0.3 is 15.1 Å². The molecule has 3 rings (SSSR count). The van der Waals surface area contributed by atoms with E-state index in [9.17, 15) is 4.79 Å². The van der Waals surface area contributed by atoms with Gasteiger partial charge in [-0.05, 0) is 26.0 Å². The van der Waals surface area contributed by atoms with Gasteiger partial charge in [0.25, 0.3) is 5.91 Å². The lowest BCUT2D eigenvalue weighted by molar-refractivity contribution is 0.0746. The molecular weight excluding hydrogens is 304 g/mol. The molecule has 1 amide bonds. The van der Waals surface area contributed by atoms with Crippen molar-refractivity contribution in [2.45, 2.75) is 13.8 Å². The standard InChI is InChI=1S/C17H22N6O/c1-3-19-15-11-16(21-13(2)20-15)22-7-9-23(10-8-22)17(24)14-5-4-6-18-12-14/h4-6,11-12H,3,7-10H2,1-2H3,(H,19,20,21). The SMILES string of the molecule is CCNc1cc(N2CCN(C(=O)c3cccnc3)CC2)nc(C)n1. The second-order valence-electron chi connectivity index (χ2n) is 5.71. The fourth-order valence-corrected chi connectivity index (χ4v) is 2.80. The number of nitrogens with one attached hydrogen (secondary N) is 1. The molecule has 2 aromatic heterocycles. The molecule has 0 radical (unpaired) electrons. The van der Waals surface area contributed by atoms with Crippen LogP contribution in [0.25, 0.3) is 0 Å². The molecule has 1 N–H and O–H groups in total. The smallest absolute Gasteiger partial charge is 0.255 e. The average molecular weight is 326 g/mol. The molecule has 1 saturated heterocycles. The molecule has 126 valence electrons. The van der Waals surface area contributed by atoms with E-state index in [1.54, 1.807) is 24.5 Å². The van der Waals surface area contributed by atoms with E-state index >= 15 is 0 Å². The first-order valence-electron chi connectivity index (χ1n) is 8.21. The molecule has 0 unspecified atom stereocenters. The van der Waals surface area contributed by atoms with Gasteiger partial charge in [-0.15, -0.1) is 0 Å². The average Bonchev–Trinajstić information content (AvgIpc) is 2.62. The number of amides is 1. The summed E-state index contributed by atoms with van der Waals surface area (Å²) < 4.78 is 0. The lowest BCUT2D eigenvalue weighted by Crippen LogP contribution is -2.49. The van der Waals surface area contributed by atoms with Crippen molar-refractivity contribution in [3.8, 4) is 0 Å². The molecule has 0 bridgehead atoms. The van der Waals surface area contributed by atoms with E-state index < -0.39 is 0 Å². The zero-order valence-corrected chi connectivity index (χ0v) is 14.1. The number of pyridine rings is 1. The van der Waals surface area contributed by atoms with Crippen molar-refractivity contribution >= 4 is 17.5 Å². The highest BCUT2D eigenvalue weighted by molar-refractivity contribution is 5.94. The monoisotopic (exact) mass is 326 g/mol. The fourth-order valence-electron chi connectivity index (χ4n) is 2.80. The summed E-state index contributed by atoms with van der Waals surface area (Å²) in [6, 6.07) is 5.56. The van der Waals surface area contributed by atoms with Gasteiger partial charge in [-0.3, -0.25) is 9.78 Å². The first kappa shape index (κ1) is 16.2. The second kappa shape index (κ2) is 7.25. The molecule has 1 aliphatic rings. The van der Waals surface area contributed by atoms with E-state index in [0.29, 0.717) is 18.7 Å². The highest BCUT2D eigenvalue weighted by Gasteiger charge is 2.23. The molecule has 0 atom stereocenters. The van der Waals surface area contributed by atoms with Crippen LogP contribution in [0.2, 0.25) is 0 Å². The zero-order valence-electron chi connectivity index (χ0n) is 14.1. The topological polar surface area (TPSA) is 74.2 Å². The predicted molar refractivity (Wildman–Crippen MR) is 93.3 cm³/mol. The van der Waals surface area contributed by atoms with E-state index in [2.05, 4.69) is 25.2 Å². The van der Waals surface area contributed by atoms with Crippen LogP contribution in [0, 0.1) is 6.92 Å². The minimum absolute atomic E-state index is 0.0370. The molecule has 3 heterocycles. The van der Waals surface area contributed by atoms with Crippen LogP contribution in [0.5, 0.6) is 0 Å². The van der Waals surface area contributed by atoms with Gasteiger partial charge in [0.05, 0.1) is 5.56 Å². The Morgan fingerprint density at radius 1 is 1.25 bits per heavy atom. The molecule has 0 saturated carbocycles. The van der Waals surface area contributed by atoms with E-state index in [-0.39, 0.29) is 5.91 Å². The number of aromatic nitrogens is 3. The number of hydrogen-bond acceptors (Lipinski definition) is 6. The number of rotatable bonds is 4. The van der Waals surface area contributed by atoms with Gasteiger partial charge in [0.1, 0.15) is 17.5 Å². The van der Waals surface area contributed by atoms with Crippen molar-refractivity contribution in [1.82, 2.24) is 19.9 Å². The Bertz CT molecular complexity index is 697.